The number of aliphatic carboxylic acids is 2. The fourth-order valence-electron chi connectivity index (χ4n) is 1.11. The number of rotatable bonds is 4. The van der Waals surface area contributed by atoms with Crippen LogP contribution in [0.2, 0.25) is 0 Å². The van der Waals surface area contributed by atoms with Crippen molar-refractivity contribution in [2.24, 2.45) is 0 Å². The molecule has 0 aromatic carbocycles. The number of hydrogen-bond acceptors (Lipinski definition) is 6. The number of hydrogen-bond donors (Lipinski definition) is 0. The van der Waals surface area contributed by atoms with E-state index in [2.05, 4.69) is 0 Å². The normalized spacial score (nSPS) is 8.84. The molecule has 96 valence electrons. The minimum atomic E-state index is -1.02. The summed E-state index contributed by atoms with van der Waals surface area (Å²) in [7, 11) is 0. The van der Waals surface area contributed by atoms with Crippen LogP contribution in [0.4, 0.5) is 0 Å². The molecule has 0 atom stereocenters. The quantitative estimate of drug-likeness (QED) is 0.734. The van der Waals surface area contributed by atoms with Gasteiger partial charge in [0.2, 0.25) is 0 Å². The zero-order chi connectivity index (χ0) is 13.4. The van der Waals surface area contributed by atoms with Crippen LogP contribution >= 0.6 is 22.7 Å². The van der Waals surface area contributed by atoms with E-state index in [4.69, 9.17) is 0 Å². The standard InChI is InChI=1S/2C6H6O2S.Zn/c2*7-6(8)4-5-2-1-3-9-5;/h2*1-3H,4H2,(H,7,8);/q;;+2/p-2. The fourth-order valence-corrected chi connectivity index (χ4v) is 2.49. The Morgan fingerprint density at radius 3 is 1.47 bits per heavy atom. The Bertz CT molecular complexity index is 434. The van der Waals surface area contributed by atoms with Gasteiger partial charge in [-0.05, 0) is 22.9 Å². The Kier molecular flexibility index (Phi) is 9.30. The molecule has 2 aromatic heterocycles. The van der Waals surface area contributed by atoms with E-state index in [1.54, 1.807) is 12.1 Å². The molecule has 0 aliphatic rings. The van der Waals surface area contributed by atoms with Crippen molar-refractivity contribution in [2.75, 3.05) is 0 Å². The van der Waals surface area contributed by atoms with Crippen molar-refractivity contribution in [2.45, 2.75) is 12.8 Å². The maximum absolute atomic E-state index is 9.96. The molecule has 19 heavy (non-hydrogen) atoms. The van der Waals surface area contributed by atoms with Crippen LogP contribution in [-0.2, 0) is 41.9 Å². The maximum atomic E-state index is 9.96. The molecule has 0 aliphatic heterocycles. The molecule has 0 radical (unpaired) electrons. The average Bonchev–Trinajstić information content (AvgIpc) is 2.90. The van der Waals surface area contributed by atoms with E-state index >= 15 is 0 Å². The molecule has 0 bridgehead atoms. The summed E-state index contributed by atoms with van der Waals surface area (Å²) in [6.45, 7) is 0. The molecular weight excluding hydrogens is 338 g/mol. The Morgan fingerprint density at radius 2 is 1.26 bits per heavy atom. The molecule has 0 N–H and O–H groups in total. The van der Waals surface area contributed by atoms with Crippen molar-refractivity contribution in [3.05, 3.63) is 44.8 Å². The van der Waals surface area contributed by atoms with Crippen LogP contribution < -0.4 is 10.2 Å². The monoisotopic (exact) mass is 346 g/mol. The number of carboxylic acid groups (broad SMARTS) is 2. The van der Waals surface area contributed by atoms with Crippen LogP contribution in [-0.4, -0.2) is 11.9 Å². The van der Waals surface area contributed by atoms with Crippen LogP contribution in [0.15, 0.2) is 35.0 Å². The first kappa shape index (κ1) is 18.0. The zero-order valence-corrected chi connectivity index (χ0v) is 14.6. The van der Waals surface area contributed by atoms with Crippen LogP contribution in [0.25, 0.3) is 0 Å². The van der Waals surface area contributed by atoms with E-state index in [1.165, 1.54) is 22.7 Å². The second kappa shape index (κ2) is 9.84. The topological polar surface area (TPSA) is 80.3 Å². The fraction of sp³-hybridized carbons (Fsp3) is 0.167. The predicted molar refractivity (Wildman–Crippen MR) is 66.1 cm³/mol. The van der Waals surface area contributed by atoms with E-state index in [1.807, 2.05) is 22.9 Å². The molecule has 0 spiro atoms. The van der Waals surface area contributed by atoms with Crippen molar-refractivity contribution in [3.8, 4) is 0 Å². The first-order valence-corrected chi connectivity index (χ1v) is 6.78. The Balaban J connectivity index is 0.000000324. The summed E-state index contributed by atoms with van der Waals surface area (Å²) in [6.07, 6.45) is 0.0787. The van der Waals surface area contributed by atoms with Gasteiger partial charge in [-0.2, -0.15) is 0 Å². The van der Waals surface area contributed by atoms with Crippen molar-refractivity contribution in [1.82, 2.24) is 0 Å². The van der Waals surface area contributed by atoms with Crippen LogP contribution in [0.1, 0.15) is 9.75 Å². The van der Waals surface area contributed by atoms with Crippen LogP contribution in [0, 0.1) is 0 Å². The average molecular weight is 348 g/mol. The van der Waals surface area contributed by atoms with E-state index in [0.717, 1.165) is 9.75 Å². The molecule has 2 heterocycles. The first-order valence-electron chi connectivity index (χ1n) is 5.02. The molecule has 0 unspecified atom stereocenters. The van der Waals surface area contributed by atoms with Crippen molar-refractivity contribution < 1.29 is 39.3 Å². The predicted octanol–water partition coefficient (Wildman–Crippen LogP) is 0.0785. The minimum Gasteiger partial charge on any atom is -0.550 e. The van der Waals surface area contributed by atoms with Crippen LogP contribution in [0.5, 0.6) is 0 Å². The smallest absolute Gasteiger partial charge is 0.550 e. The molecule has 2 rings (SSSR count). The SMILES string of the molecule is O=C([O-])Cc1cccs1.O=C([O-])Cc1cccs1.[Zn+2]. The first-order chi connectivity index (χ1) is 8.58. The molecule has 0 fully saturated rings. The summed E-state index contributed by atoms with van der Waals surface area (Å²) < 4.78 is 0. The summed E-state index contributed by atoms with van der Waals surface area (Å²) in [5, 5.41) is 23.6. The second-order valence-electron chi connectivity index (χ2n) is 3.26. The molecule has 0 saturated carbocycles. The van der Waals surface area contributed by atoms with Gasteiger partial charge in [-0.25, -0.2) is 0 Å². The molecule has 0 saturated heterocycles. The molecule has 0 aliphatic carbocycles. The molecular formula is C12H10O4S2Zn. The van der Waals surface area contributed by atoms with E-state index in [0.29, 0.717) is 0 Å². The Labute approximate surface area is 131 Å². The van der Waals surface area contributed by atoms with Crippen molar-refractivity contribution in [1.29, 1.82) is 0 Å². The number of carbonyl (C=O) groups excluding carboxylic acids is 2. The third kappa shape index (κ3) is 8.64. The van der Waals surface area contributed by atoms with Gasteiger partial charge in [0, 0.05) is 34.5 Å². The van der Waals surface area contributed by atoms with Gasteiger partial charge in [-0.1, -0.05) is 12.1 Å². The summed E-state index contributed by atoms with van der Waals surface area (Å²) in [4.78, 5) is 21.6. The largest absolute Gasteiger partial charge is 2.00 e. The summed E-state index contributed by atoms with van der Waals surface area (Å²) >= 11 is 2.86. The van der Waals surface area contributed by atoms with Gasteiger partial charge in [0.1, 0.15) is 0 Å². The van der Waals surface area contributed by atoms with Gasteiger partial charge in [0.15, 0.2) is 0 Å². The molecule has 0 amide bonds. The van der Waals surface area contributed by atoms with E-state index in [-0.39, 0.29) is 32.3 Å². The number of thiophene rings is 2. The third-order valence-corrected chi connectivity index (χ3v) is 3.55. The van der Waals surface area contributed by atoms with Gasteiger partial charge in [-0.15, -0.1) is 22.7 Å². The van der Waals surface area contributed by atoms with Gasteiger partial charge in [0.05, 0.1) is 0 Å². The van der Waals surface area contributed by atoms with Gasteiger partial charge >= 0.3 is 19.5 Å². The molecule has 2 aromatic rings. The summed E-state index contributed by atoms with van der Waals surface area (Å²) in [5.74, 6) is -2.03. The Morgan fingerprint density at radius 1 is 0.895 bits per heavy atom. The number of carboxylic acids is 2. The maximum Gasteiger partial charge on any atom is 2.00 e. The summed E-state index contributed by atoms with van der Waals surface area (Å²) in [5.41, 5.74) is 0. The minimum absolute atomic E-state index is 0. The van der Waals surface area contributed by atoms with Gasteiger partial charge < -0.3 is 19.8 Å². The van der Waals surface area contributed by atoms with Gasteiger partial charge in [0.25, 0.3) is 0 Å². The van der Waals surface area contributed by atoms with Crippen LogP contribution in [0.3, 0.4) is 0 Å². The molecule has 7 heteroatoms. The third-order valence-electron chi connectivity index (χ3n) is 1.80. The number of carbonyl (C=O) groups is 2. The van der Waals surface area contributed by atoms with Gasteiger partial charge in [-0.3, -0.25) is 0 Å². The van der Waals surface area contributed by atoms with E-state index < -0.39 is 11.9 Å². The molecule has 4 nitrogen and oxygen atoms in total. The Hall–Kier alpha value is -1.04. The summed E-state index contributed by atoms with van der Waals surface area (Å²) in [6, 6.07) is 7.20. The van der Waals surface area contributed by atoms with Crippen molar-refractivity contribution >= 4 is 34.6 Å². The van der Waals surface area contributed by atoms with E-state index in [9.17, 15) is 19.8 Å². The zero-order valence-electron chi connectivity index (χ0n) is 10.0. The second-order valence-corrected chi connectivity index (χ2v) is 5.32. The van der Waals surface area contributed by atoms with Crippen molar-refractivity contribution in [3.63, 3.8) is 0 Å².